The summed E-state index contributed by atoms with van der Waals surface area (Å²) in [5.74, 6) is -0.404. The second-order valence-electron chi connectivity index (χ2n) is 6.85. The fourth-order valence-corrected chi connectivity index (χ4v) is 3.38. The molecule has 5 heteroatoms. The lowest BCUT2D eigenvalue weighted by atomic mass is 9.94. The minimum Gasteiger partial charge on any atom is -0.465 e. The molecule has 0 amide bonds. The minimum absolute atomic E-state index is 0.295. The fourth-order valence-electron chi connectivity index (χ4n) is 2.54. The molecule has 2 aromatic rings. The van der Waals surface area contributed by atoms with E-state index in [1.54, 1.807) is 6.08 Å². The second kappa shape index (κ2) is 7.93. The van der Waals surface area contributed by atoms with E-state index in [9.17, 15) is 9.00 Å². The van der Waals surface area contributed by atoms with Gasteiger partial charge in [-0.15, -0.1) is 6.58 Å². The largest absolute Gasteiger partial charge is 0.465 e. The van der Waals surface area contributed by atoms with Gasteiger partial charge in [0.15, 0.2) is 0 Å². The first-order chi connectivity index (χ1) is 11.8. The molecule has 134 valence electrons. The van der Waals surface area contributed by atoms with Gasteiger partial charge in [-0.25, -0.2) is 13.7 Å². The normalized spacial score (nSPS) is 14.1. The van der Waals surface area contributed by atoms with Gasteiger partial charge in [0, 0.05) is 6.04 Å². The lowest BCUT2D eigenvalue weighted by Crippen LogP contribution is -2.36. The number of benzene rings is 2. The predicted molar refractivity (Wildman–Crippen MR) is 104 cm³/mol. The molecule has 2 rings (SSSR count). The SMILES string of the molecule is C=CC[C@H](N[S@](=O)C(C)(C)C)c1cc2ccccc2cc1C(=O)OC. The smallest absolute Gasteiger partial charge is 0.338 e. The van der Waals surface area contributed by atoms with E-state index in [1.165, 1.54) is 7.11 Å². The summed E-state index contributed by atoms with van der Waals surface area (Å²) in [5.41, 5.74) is 1.24. The summed E-state index contributed by atoms with van der Waals surface area (Å²) in [5, 5.41) is 1.98. The summed E-state index contributed by atoms with van der Waals surface area (Å²) in [7, 11) is 0.0892. The Morgan fingerprint density at radius 1 is 1.28 bits per heavy atom. The number of hydrogen-bond donors (Lipinski definition) is 1. The monoisotopic (exact) mass is 359 g/mol. The third kappa shape index (κ3) is 4.55. The number of fused-ring (bicyclic) bond motifs is 1. The highest BCUT2D eigenvalue weighted by Gasteiger charge is 2.26. The third-order valence-electron chi connectivity index (χ3n) is 3.91. The molecule has 0 bridgehead atoms. The lowest BCUT2D eigenvalue weighted by molar-refractivity contribution is 0.0599. The van der Waals surface area contributed by atoms with Crippen molar-refractivity contribution in [3.05, 3.63) is 60.2 Å². The zero-order chi connectivity index (χ0) is 18.6. The zero-order valence-electron chi connectivity index (χ0n) is 15.2. The average Bonchev–Trinajstić information content (AvgIpc) is 2.58. The maximum absolute atomic E-state index is 12.6. The van der Waals surface area contributed by atoms with Crippen molar-refractivity contribution >= 4 is 27.7 Å². The van der Waals surface area contributed by atoms with E-state index in [2.05, 4.69) is 11.3 Å². The molecule has 4 nitrogen and oxygen atoms in total. The van der Waals surface area contributed by atoms with Crippen molar-refractivity contribution in [3.63, 3.8) is 0 Å². The average molecular weight is 359 g/mol. The van der Waals surface area contributed by atoms with Gasteiger partial charge in [0.25, 0.3) is 0 Å². The topological polar surface area (TPSA) is 55.4 Å². The zero-order valence-corrected chi connectivity index (χ0v) is 16.0. The first kappa shape index (κ1) is 19.3. The number of rotatable bonds is 6. The summed E-state index contributed by atoms with van der Waals surface area (Å²) in [4.78, 5) is 12.3. The Bertz CT molecular complexity index is 808. The molecule has 0 radical (unpaired) electrons. The van der Waals surface area contributed by atoms with Crippen LogP contribution in [0, 0.1) is 0 Å². The van der Waals surface area contributed by atoms with Crippen LogP contribution in [0.1, 0.15) is 49.2 Å². The molecule has 0 aromatic heterocycles. The van der Waals surface area contributed by atoms with Gasteiger partial charge in [-0.3, -0.25) is 0 Å². The van der Waals surface area contributed by atoms with Crippen LogP contribution in [0.2, 0.25) is 0 Å². The molecule has 2 atom stereocenters. The van der Waals surface area contributed by atoms with Crippen molar-refractivity contribution < 1.29 is 13.7 Å². The quantitative estimate of drug-likeness (QED) is 0.618. The molecule has 0 spiro atoms. The fraction of sp³-hybridized carbons (Fsp3) is 0.350. The number of hydrogen-bond acceptors (Lipinski definition) is 3. The molecule has 0 aliphatic heterocycles. The number of carbonyl (C=O) groups is 1. The molecular formula is C20H25NO3S. The summed E-state index contributed by atoms with van der Waals surface area (Å²) in [6, 6.07) is 11.3. The molecular weight excluding hydrogens is 334 g/mol. The molecule has 0 saturated heterocycles. The Morgan fingerprint density at radius 3 is 2.40 bits per heavy atom. The van der Waals surface area contributed by atoms with Crippen molar-refractivity contribution in [3.8, 4) is 0 Å². The molecule has 0 aliphatic carbocycles. The Labute approximate surface area is 151 Å². The van der Waals surface area contributed by atoms with E-state index in [-0.39, 0.29) is 6.04 Å². The summed E-state index contributed by atoms with van der Waals surface area (Å²) >= 11 is 0. The molecule has 2 aromatic carbocycles. The van der Waals surface area contributed by atoms with Crippen LogP contribution in [0.3, 0.4) is 0 Å². The highest BCUT2D eigenvalue weighted by atomic mass is 32.2. The Balaban J connectivity index is 2.57. The Kier molecular flexibility index (Phi) is 6.14. The number of nitrogens with one attached hydrogen (secondary N) is 1. The second-order valence-corrected chi connectivity index (χ2v) is 8.85. The Hall–Kier alpha value is -1.98. The molecule has 25 heavy (non-hydrogen) atoms. The standard InChI is InChI=1S/C20H25NO3S/c1-6-9-18(21-25(23)20(2,3)4)16-12-14-10-7-8-11-15(14)13-17(16)19(22)24-5/h6-8,10-13,18,21H,1,9H2,2-5H3/t18-,25+/m0/s1. The third-order valence-corrected chi connectivity index (χ3v) is 5.52. The van der Waals surface area contributed by atoms with E-state index in [0.29, 0.717) is 12.0 Å². The molecule has 0 aliphatic rings. The molecule has 0 fully saturated rings. The number of methoxy groups -OCH3 is 1. The van der Waals surface area contributed by atoms with Gasteiger partial charge in [-0.05, 0) is 55.7 Å². The van der Waals surface area contributed by atoms with Gasteiger partial charge in [0.1, 0.15) is 0 Å². The van der Waals surface area contributed by atoms with Crippen LogP contribution in [0.5, 0.6) is 0 Å². The van der Waals surface area contributed by atoms with E-state index in [0.717, 1.165) is 16.3 Å². The van der Waals surface area contributed by atoms with E-state index >= 15 is 0 Å². The van der Waals surface area contributed by atoms with Gasteiger partial charge in [0.05, 0.1) is 28.4 Å². The van der Waals surface area contributed by atoms with Crippen LogP contribution in [0.25, 0.3) is 10.8 Å². The molecule has 0 heterocycles. The number of esters is 1. The lowest BCUT2D eigenvalue weighted by Gasteiger charge is -2.25. The van der Waals surface area contributed by atoms with Gasteiger partial charge < -0.3 is 4.74 Å². The maximum Gasteiger partial charge on any atom is 0.338 e. The highest BCUT2D eigenvalue weighted by Crippen LogP contribution is 2.29. The van der Waals surface area contributed by atoms with Crippen LogP contribution in [0.4, 0.5) is 0 Å². The molecule has 0 saturated carbocycles. The maximum atomic E-state index is 12.6. The van der Waals surface area contributed by atoms with Gasteiger partial charge in [0.2, 0.25) is 0 Å². The van der Waals surface area contributed by atoms with Crippen LogP contribution >= 0.6 is 0 Å². The van der Waals surface area contributed by atoms with Crippen LogP contribution in [-0.4, -0.2) is 22.0 Å². The van der Waals surface area contributed by atoms with Gasteiger partial charge in [-0.2, -0.15) is 0 Å². The first-order valence-electron chi connectivity index (χ1n) is 8.18. The Morgan fingerprint density at radius 2 is 1.88 bits per heavy atom. The first-order valence-corrected chi connectivity index (χ1v) is 9.33. The van der Waals surface area contributed by atoms with Crippen molar-refractivity contribution in [2.75, 3.05) is 7.11 Å². The van der Waals surface area contributed by atoms with Crippen LogP contribution in [-0.2, 0) is 15.7 Å². The van der Waals surface area contributed by atoms with Crippen molar-refractivity contribution in [2.45, 2.75) is 38.0 Å². The summed E-state index contributed by atoms with van der Waals surface area (Å²) < 4.78 is 20.3. The van der Waals surface area contributed by atoms with E-state index in [4.69, 9.17) is 4.74 Å². The molecule has 0 unspecified atom stereocenters. The van der Waals surface area contributed by atoms with Crippen LogP contribution < -0.4 is 4.72 Å². The molecule has 1 N–H and O–H groups in total. The van der Waals surface area contributed by atoms with Crippen molar-refractivity contribution in [2.24, 2.45) is 0 Å². The van der Waals surface area contributed by atoms with Crippen molar-refractivity contribution in [1.82, 2.24) is 4.72 Å². The number of ether oxygens (including phenoxy) is 1. The van der Waals surface area contributed by atoms with Gasteiger partial charge in [-0.1, -0.05) is 30.3 Å². The predicted octanol–water partition coefficient (Wildman–Crippen LogP) is 4.30. The van der Waals surface area contributed by atoms with Gasteiger partial charge >= 0.3 is 5.97 Å². The van der Waals surface area contributed by atoms with Crippen LogP contribution in [0.15, 0.2) is 49.1 Å². The highest BCUT2D eigenvalue weighted by molar-refractivity contribution is 7.84. The van der Waals surface area contributed by atoms with E-state index in [1.807, 2.05) is 57.2 Å². The van der Waals surface area contributed by atoms with Crippen molar-refractivity contribution in [1.29, 1.82) is 0 Å². The minimum atomic E-state index is -1.28. The number of carbonyl (C=O) groups excluding carboxylic acids is 1. The summed E-state index contributed by atoms with van der Waals surface area (Å²) in [6.45, 7) is 9.51. The summed E-state index contributed by atoms with van der Waals surface area (Å²) in [6.07, 6.45) is 2.30. The van der Waals surface area contributed by atoms with E-state index < -0.39 is 21.7 Å².